The molecule has 4 aliphatic rings. The Morgan fingerprint density at radius 2 is 1.45 bits per heavy atom. The first kappa shape index (κ1) is 30.7. The second kappa shape index (κ2) is 9.68. The Morgan fingerprint density at radius 1 is 0.868 bits per heavy atom. The molecule has 0 radical (unpaired) electrons. The van der Waals surface area contributed by atoms with Crippen molar-refractivity contribution >= 4 is 16.6 Å². The lowest BCUT2D eigenvalue weighted by molar-refractivity contribution is -0.0490. The number of rotatable bonds is 5. The zero-order chi connectivity index (χ0) is 28.7. The molecule has 8 atom stereocenters. The fourth-order valence-electron chi connectivity index (χ4n) is 8.22. The molecule has 0 amide bonds. The van der Waals surface area contributed by atoms with Crippen LogP contribution in [-0.2, 0) is 8.85 Å². The van der Waals surface area contributed by atoms with Gasteiger partial charge in [-0.3, -0.25) is 0 Å². The van der Waals surface area contributed by atoms with E-state index in [0.717, 1.165) is 19.3 Å². The fourth-order valence-corrected chi connectivity index (χ4v) is 11.0. The van der Waals surface area contributed by atoms with Crippen molar-refractivity contribution in [3.63, 3.8) is 0 Å². The van der Waals surface area contributed by atoms with Crippen LogP contribution < -0.4 is 0 Å². The molecule has 4 aliphatic carbocycles. The standard InChI is InChI=1S/C33H60O3Si2/c1-22(34)26-16-17-27-25-15-14-23-20-24(35-37(10,11)30(2,3)4)21-29(36-38(12,13)31(5,6)7)33(23,9)28(25)18-19-32(26,27)8/h14-15,22,24,26-29,34H,16-21H2,1-13H3/t22?,24-,26-,27+,28+,29+,32-,33+/m1/s1. The molecule has 0 saturated heterocycles. The largest absolute Gasteiger partial charge is 0.414 e. The van der Waals surface area contributed by atoms with Crippen LogP contribution >= 0.6 is 0 Å². The molecule has 38 heavy (non-hydrogen) atoms. The molecule has 218 valence electrons. The highest BCUT2D eigenvalue weighted by Gasteiger charge is 2.60. The normalized spacial score (nSPS) is 39.1. The number of aliphatic hydroxyl groups excluding tert-OH is 1. The molecular weight excluding hydrogens is 501 g/mol. The molecular formula is C33H60O3Si2. The monoisotopic (exact) mass is 560 g/mol. The van der Waals surface area contributed by atoms with E-state index in [1.165, 1.54) is 19.3 Å². The van der Waals surface area contributed by atoms with Crippen LogP contribution in [0.5, 0.6) is 0 Å². The van der Waals surface area contributed by atoms with Crippen LogP contribution in [0.3, 0.4) is 0 Å². The van der Waals surface area contributed by atoms with Crippen molar-refractivity contribution in [1.82, 2.24) is 0 Å². The molecule has 3 nitrogen and oxygen atoms in total. The highest BCUT2D eigenvalue weighted by Crippen LogP contribution is 2.66. The smallest absolute Gasteiger partial charge is 0.192 e. The number of hydrogen-bond donors (Lipinski definition) is 1. The van der Waals surface area contributed by atoms with Crippen LogP contribution in [0, 0.1) is 28.6 Å². The summed E-state index contributed by atoms with van der Waals surface area (Å²) in [6, 6.07) is 0. The summed E-state index contributed by atoms with van der Waals surface area (Å²) in [6.45, 7) is 30.9. The third kappa shape index (κ3) is 4.93. The van der Waals surface area contributed by atoms with Crippen molar-refractivity contribution in [3.05, 3.63) is 23.3 Å². The second-order valence-electron chi connectivity index (χ2n) is 17.0. The molecule has 5 heteroatoms. The third-order valence-electron chi connectivity index (χ3n) is 12.8. The van der Waals surface area contributed by atoms with E-state index >= 15 is 0 Å². The minimum Gasteiger partial charge on any atom is -0.414 e. The fraction of sp³-hybridized carbons (Fsp3) is 0.879. The lowest BCUT2D eigenvalue weighted by Gasteiger charge is -2.59. The summed E-state index contributed by atoms with van der Waals surface area (Å²) in [5.41, 5.74) is 3.48. The van der Waals surface area contributed by atoms with E-state index < -0.39 is 16.6 Å². The highest BCUT2D eigenvalue weighted by atomic mass is 28.4. The summed E-state index contributed by atoms with van der Waals surface area (Å²) in [5.74, 6) is 1.54. The summed E-state index contributed by atoms with van der Waals surface area (Å²) >= 11 is 0. The zero-order valence-corrected chi connectivity index (χ0v) is 29.1. The van der Waals surface area contributed by atoms with Crippen molar-refractivity contribution in [1.29, 1.82) is 0 Å². The van der Waals surface area contributed by atoms with E-state index in [4.69, 9.17) is 8.85 Å². The van der Waals surface area contributed by atoms with Crippen molar-refractivity contribution < 1.29 is 14.0 Å². The van der Waals surface area contributed by atoms with Crippen LogP contribution in [0.2, 0.25) is 36.3 Å². The Hall–Kier alpha value is -0.206. The van der Waals surface area contributed by atoms with E-state index in [-0.39, 0.29) is 39.2 Å². The van der Waals surface area contributed by atoms with Gasteiger partial charge >= 0.3 is 0 Å². The predicted octanol–water partition coefficient (Wildman–Crippen LogP) is 9.26. The molecule has 1 unspecified atom stereocenters. The van der Waals surface area contributed by atoms with Gasteiger partial charge in [-0.05, 0) is 105 Å². The summed E-state index contributed by atoms with van der Waals surface area (Å²) in [4.78, 5) is 0. The average molecular weight is 561 g/mol. The maximum Gasteiger partial charge on any atom is 0.192 e. The van der Waals surface area contributed by atoms with Crippen LogP contribution in [0.1, 0.15) is 101 Å². The summed E-state index contributed by atoms with van der Waals surface area (Å²) < 4.78 is 14.6. The van der Waals surface area contributed by atoms with Crippen molar-refractivity contribution in [2.45, 2.75) is 155 Å². The van der Waals surface area contributed by atoms with Crippen LogP contribution in [0.4, 0.5) is 0 Å². The molecule has 0 heterocycles. The predicted molar refractivity (Wildman–Crippen MR) is 166 cm³/mol. The average Bonchev–Trinajstić information content (AvgIpc) is 3.10. The Kier molecular flexibility index (Phi) is 7.83. The maximum atomic E-state index is 10.7. The molecule has 0 aliphatic heterocycles. The lowest BCUT2D eigenvalue weighted by Crippen LogP contribution is -2.58. The van der Waals surface area contributed by atoms with Gasteiger partial charge in [0.05, 0.1) is 18.3 Å². The number of fused-ring (bicyclic) bond motifs is 5. The van der Waals surface area contributed by atoms with Crippen LogP contribution in [0.25, 0.3) is 0 Å². The quantitative estimate of drug-likeness (QED) is 0.341. The molecule has 4 rings (SSSR count). The van der Waals surface area contributed by atoms with Gasteiger partial charge in [0.2, 0.25) is 0 Å². The van der Waals surface area contributed by atoms with Crippen LogP contribution in [0.15, 0.2) is 23.3 Å². The Bertz CT molecular complexity index is 966. The molecule has 1 N–H and O–H groups in total. The lowest BCUT2D eigenvalue weighted by atomic mass is 9.49. The van der Waals surface area contributed by atoms with E-state index in [1.807, 2.05) is 6.92 Å². The van der Waals surface area contributed by atoms with Gasteiger partial charge in [0.1, 0.15) is 0 Å². The van der Waals surface area contributed by atoms with E-state index in [9.17, 15) is 5.11 Å². The van der Waals surface area contributed by atoms with E-state index in [1.54, 1.807) is 11.1 Å². The number of aliphatic hydroxyl groups is 1. The van der Waals surface area contributed by atoms with Gasteiger partial charge in [0.15, 0.2) is 16.6 Å². The van der Waals surface area contributed by atoms with Gasteiger partial charge in [0.25, 0.3) is 0 Å². The number of hydrogen-bond acceptors (Lipinski definition) is 3. The van der Waals surface area contributed by atoms with Crippen molar-refractivity contribution in [3.8, 4) is 0 Å². The van der Waals surface area contributed by atoms with Gasteiger partial charge in [-0.25, -0.2) is 0 Å². The highest BCUT2D eigenvalue weighted by molar-refractivity contribution is 6.74. The first-order chi connectivity index (χ1) is 17.1. The molecule has 0 aromatic heterocycles. The Morgan fingerprint density at radius 3 is 2.00 bits per heavy atom. The topological polar surface area (TPSA) is 38.7 Å². The Labute approximate surface area is 237 Å². The van der Waals surface area contributed by atoms with Crippen molar-refractivity contribution in [2.75, 3.05) is 0 Å². The SMILES string of the molecule is CC(O)[C@H]1CC[C@H]2C3=CC=C4C[C@@H](O[Si](C)(C)C(C)(C)C)C[C@H](O[Si](C)(C)C(C)(C)C)[C@]4(C)[C@H]3CC[C@]12C. The third-order valence-corrected chi connectivity index (χ3v) is 21.8. The number of allylic oxidation sites excluding steroid dienone is 3. The van der Waals surface area contributed by atoms with Gasteiger partial charge < -0.3 is 14.0 Å². The molecule has 0 spiro atoms. The van der Waals surface area contributed by atoms with Gasteiger partial charge in [0, 0.05) is 5.41 Å². The van der Waals surface area contributed by atoms with Gasteiger partial charge in [-0.1, -0.05) is 78.7 Å². The molecule has 3 fully saturated rings. The van der Waals surface area contributed by atoms with Crippen molar-refractivity contribution in [2.24, 2.45) is 28.6 Å². The molecule has 0 bridgehead atoms. The van der Waals surface area contributed by atoms with Crippen LogP contribution in [-0.4, -0.2) is 40.1 Å². The van der Waals surface area contributed by atoms with Gasteiger partial charge in [-0.2, -0.15) is 0 Å². The molecule has 0 aromatic rings. The minimum absolute atomic E-state index is 0.0249. The molecule has 3 saturated carbocycles. The summed E-state index contributed by atoms with van der Waals surface area (Å²) in [7, 11) is -3.88. The van der Waals surface area contributed by atoms with E-state index in [2.05, 4.69) is 93.7 Å². The maximum absolute atomic E-state index is 10.7. The zero-order valence-electron chi connectivity index (χ0n) is 27.1. The Balaban J connectivity index is 1.74. The molecule has 0 aromatic carbocycles. The minimum atomic E-state index is -1.99. The van der Waals surface area contributed by atoms with E-state index in [0.29, 0.717) is 17.8 Å². The first-order valence-corrected chi connectivity index (χ1v) is 21.4. The summed E-state index contributed by atoms with van der Waals surface area (Å²) in [6.07, 6.45) is 12.1. The first-order valence-electron chi connectivity index (χ1n) is 15.6. The summed E-state index contributed by atoms with van der Waals surface area (Å²) in [5, 5.41) is 11.0. The second-order valence-corrected chi connectivity index (χ2v) is 26.5. The van der Waals surface area contributed by atoms with Gasteiger partial charge in [-0.15, -0.1) is 0 Å².